The van der Waals surface area contributed by atoms with Crippen molar-refractivity contribution in [3.05, 3.63) is 0 Å². The third-order valence-electron chi connectivity index (χ3n) is 2.51. The quantitative estimate of drug-likeness (QED) is 0.503. The monoisotopic (exact) mass is 191 g/mol. The Labute approximate surface area is 78.0 Å². The Bertz CT molecular complexity index is 107. The Morgan fingerprint density at radius 1 is 1.17 bits per heavy atom. The van der Waals surface area contributed by atoms with E-state index in [4.69, 9.17) is 0 Å². The first-order chi connectivity index (χ1) is 5.52. The van der Waals surface area contributed by atoms with E-state index in [0.29, 0.717) is 5.66 Å². The van der Waals surface area contributed by atoms with E-state index in [-0.39, 0.29) is 0 Å². The van der Waals surface area contributed by atoms with Crippen molar-refractivity contribution < 1.29 is 4.89 Å². The lowest BCUT2D eigenvalue weighted by Gasteiger charge is -2.20. The van der Waals surface area contributed by atoms with Crippen LogP contribution in [0.25, 0.3) is 0 Å². The Hall–Kier alpha value is 0.390. The Kier molecular flexibility index (Phi) is 6.13. The molecule has 0 heterocycles. The smallest absolute Gasteiger partial charge is 0.139 e. The first-order valence-corrected chi connectivity index (χ1v) is 7.79. The molecule has 0 aliphatic heterocycles. The van der Waals surface area contributed by atoms with Gasteiger partial charge >= 0.3 is 0 Å². The molecule has 0 spiro atoms. The fourth-order valence-electron chi connectivity index (χ4n) is 1.60. The zero-order valence-corrected chi connectivity index (χ0v) is 9.90. The van der Waals surface area contributed by atoms with Crippen molar-refractivity contribution in [1.82, 2.24) is 0 Å². The molecule has 2 heteroatoms. The molecule has 0 fully saturated rings. The molecule has 0 saturated heterocycles. The van der Waals surface area contributed by atoms with Crippen LogP contribution in [0.5, 0.6) is 0 Å². The molecule has 12 heavy (non-hydrogen) atoms. The molecule has 0 aliphatic carbocycles. The predicted molar refractivity (Wildman–Crippen MR) is 59.2 cm³/mol. The second-order valence-corrected chi connectivity index (χ2v) is 7.73. The summed E-state index contributed by atoms with van der Waals surface area (Å²) >= 11 is 0. The van der Waals surface area contributed by atoms with Gasteiger partial charge < -0.3 is 0 Å². The molecular weight excluding hydrogens is 167 g/mol. The molecule has 0 aromatic carbocycles. The van der Waals surface area contributed by atoms with Crippen LogP contribution in [0.3, 0.4) is 0 Å². The van der Waals surface area contributed by atoms with E-state index < -0.39 is 7.49 Å². The van der Waals surface area contributed by atoms with Crippen LogP contribution in [0.2, 0.25) is 0 Å². The minimum absolute atomic E-state index is 0.587. The van der Waals surface area contributed by atoms with Crippen molar-refractivity contribution in [3.8, 4) is 0 Å². The standard InChI is InChI=1S/C10H24OP/c1-5-7-8-9-10(6-2)12(3,4)11/h10-11H,5-9H2,1-4H3/q+1. The van der Waals surface area contributed by atoms with Crippen molar-refractivity contribution in [3.63, 3.8) is 0 Å². The SMILES string of the molecule is CCCCCC(CC)[P+](C)(C)O. The minimum Gasteiger partial charge on any atom is -0.252 e. The van der Waals surface area contributed by atoms with Gasteiger partial charge in [0.15, 0.2) is 0 Å². The molecule has 1 nitrogen and oxygen atoms in total. The molecule has 0 aromatic rings. The molecule has 0 radical (unpaired) electrons. The van der Waals surface area contributed by atoms with Crippen molar-refractivity contribution in [1.29, 1.82) is 0 Å². The highest BCUT2D eigenvalue weighted by Crippen LogP contribution is 2.54. The number of hydrogen-bond acceptors (Lipinski definition) is 1. The van der Waals surface area contributed by atoms with E-state index in [1.54, 1.807) is 0 Å². The molecular formula is C10H24OP+. The van der Waals surface area contributed by atoms with Crippen LogP contribution < -0.4 is 0 Å². The van der Waals surface area contributed by atoms with Crippen molar-refractivity contribution in [2.75, 3.05) is 13.3 Å². The molecule has 0 saturated carbocycles. The van der Waals surface area contributed by atoms with Gasteiger partial charge in [0.1, 0.15) is 7.49 Å². The van der Waals surface area contributed by atoms with Gasteiger partial charge in [0.25, 0.3) is 0 Å². The highest BCUT2D eigenvalue weighted by Gasteiger charge is 2.32. The maximum Gasteiger partial charge on any atom is 0.139 e. The summed E-state index contributed by atoms with van der Waals surface area (Å²) in [4.78, 5) is 9.89. The first kappa shape index (κ1) is 12.4. The van der Waals surface area contributed by atoms with Gasteiger partial charge in [0.05, 0.1) is 19.0 Å². The van der Waals surface area contributed by atoms with Gasteiger partial charge in [-0.1, -0.05) is 26.7 Å². The normalized spacial score (nSPS) is 14.8. The van der Waals surface area contributed by atoms with E-state index >= 15 is 0 Å². The van der Waals surface area contributed by atoms with Gasteiger partial charge in [0.2, 0.25) is 0 Å². The van der Waals surface area contributed by atoms with Crippen LogP contribution in [0.15, 0.2) is 0 Å². The molecule has 0 rings (SSSR count). The Morgan fingerprint density at radius 2 is 1.75 bits per heavy atom. The van der Waals surface area contributed by atoms with E-state index in [0.717, 1.165) is 6.42 Å². The zero-order chi connectivity index (χ0) is 9.61. The van der Waals surface area contributed by atoms with Crippen molar-refractivity contribution in [2.45, 2.75) is 51.6 Å². The highest BCUT2D eigenvalue weighted by atomic mass is 31.2. The predicted octanol–water partition coefficient (Wildman–Crippen LogP) is 3.53. The molecule has 0 bridgehead atoms. The van der Waals surface area contributed by atoms with Gasteiger partial charge in [-0.15, -0.1) is 0 Å². The number of hydrogen-bond donors (Lipinski definition) is 1. The van der Waals surface area contributed by atoms with Crippen molar-refractivity contribution in [2.24, 2.45) is 0 Å². The fourth-order valence-corrected chi connectivity index (χ4v) is 3.30. The summed E-state index contributed by atoms with van der Waals surface area (Å²) in [5.41, 5.74) is 0.587. The summed E-state index contributed by atoms with van der Waals surface area (Å²) in [6.07, 6.45) is 6.25. The molecule has 1 N–H and O–H groups in total. The highest BCUT2D eigenvalue weighted by molar-refractivity contribution is 7.69. The number of rotatable bonds is 6. The Balaban J connectivity index is 3.68. The van der Waals surface area contributed by atoms with Crippen LogP contribution in [0.4, 0.5) is 0 Å². The average molecular weight is 191 g/mol. The average Bonchev–Trinajstić information content (AvgIpc) is 1.95. The minimum atomic E-state index is -1.57. The first-order valence-electron chi connectivity index (χ1n) is 5.08. The molecule has 0 amide bonds. The van der Waals surface area contributed by atoms with E-state index in [1.807, 2.05) is 13.3 Å². The van der Waals surface area contributed by atoms with Crippen LogP contribution in [-0.4, -0.2) is 23.9 Å². The molecule has 74 valence electrons. The zero-order valence-electron chi connectivity index (χ0n) is 9.01. The maximum atomic E-state index is 9.89. The maximum absolute atomic E-state index is 9.89. The topological polar surface area (TPSA) is 20.2 Å². The van der Waals surface area contributed by atoms with E-state index in [2.05, 4.69) is 13.8 Å². The molecule has 1 unspecified atom stereocenters. The van der Waals surface area contributed by atoms with Crippen LogP contribution in [-0.2, 0) is 0 Å². The second kappa shape index (κ2) is 5.94. The summed E-state index contributed by atoms with van der Waals surface area (Å²) < 4.78 is 0. The van der Waals surface area contributed by atoms with Crippen LogP contribution in [0, 0.1) is 0 Å². The van der Waals surface area contributed by atoms with Crippen LogP contribution in [0.1, 0.15) is 46.0 Å². The van der Waals surface area contributed by atoms with Crippen molar-refractivity contribution >= 4 is 7.49 Å². The largest absolute Gasteiger partial charge is 0.252 e. The second-order valence-electron chi connectivity index (χ2n) is 4.04. The molecule has 1 atom stereocenters. The van der Waals surface area contributed by atoms with Gasteiger partial charge in [-0.3, -0.25) is 4.89 Å². The molecule has 0 aromatic heterocycles. The summed E-state index contributed by atoms with van der Waals surface area (Å²) in [6, 6.07) is 0. The third-order valence-corrected chi connectivity index (χ3v) is 4.92. The van der Waals surface area contributed by atoms with E-state index in [1.165, 1.54) is 25.7 Å². The van der Waals surface area contributed by atoms with Crippen LogP contribution >= 0.6 is 7.49 Å². The lowest BCUT2D eigenvalue weighted by molar-refractivity contribution is 0.553. The lowest BCUT2D eigenvalue weighted by Crippen LogP contribution is -2.10. The summed E-state index contributed by atoms with van der Waals surface area (Å²) in [5, 5.41) is 0. The van der Waals surface area contributed by atoms with Gasteiger partial charge in [-0.05, 0) is 19.3 Å². The fraction of sp³-hybridized carbons (Fsp3) is 1.00. The lowest BCUT2D eigenvalue weighted by atomic mass is 10.1. The molecule has 0 aliphatic rings. The van der Waals surface area contributed by atoms with Gasteiger partial charge in [-0.25, -0.2) is 0 Å². The van der Waals surface area contributed by atoms with E-state index in [9.17, 15) is 4.89 Å². The number of unbranched alkanes of at least 4 members (excludes halogenated alkanes) is 2. The Morgan fingerprint density at radius 3 is 2.08 bits per heavy atom. The summed E-state index contributed by atoms with van der Waals surface area (Å²) in [6.45, 7) is 8.48. The van der Waals surface area contributed by atoms with Gasteiger partial charge in [0, 0.05) is 0 Å². The summed E-state index contributed by atoms with van der Waals surface area (Å²) in [5.74, 6) is 0. The van der Waals surface area contributed by atoms with Gasteiger partial charge in [-0.2, -0.15) is 0 Å². The summed E-state index contributed by atoms with van der Waals surface area (Å²) in [7, 11) is -1.57. The third kappa shape index (κ3) is 5.11.